The van der Waals surface area contributed by atoms with Crippen LogP contribution < -0.4 is 11.1 Å². The van der Waals surface area contributed by atoms with Crippen LogP contribution in [0.15, 0.2) is 18.2 Å². The lowest BCUT2D eigenvalue weighted by Crippen LogP contribution is -2.44. The predicted molar refractivity (Wildman–Crippen MR) is 75.1 cm³/mol. The van der Waals surface area contributed by atoms with Gasteiger partial charge in [0.1, 0.15) is 6.54 Å². The number of amides is 3. The molecule has 3 amide bonds. The standard InChI is InChI=1S/C13H14ClN3O3/c14-8-4-5-9(15)10(6-8)16-11(18)7-17-12(19)2-1-3-13(17)20/h4-6H,1-3,7,15H2,(H,16,18). The van der Waals surface area contributed by atoms with E-state index in [4.69, 9.17) is 17.3 Å². The fourth-order valence-electron chi connectivity index (χ4n) is 1.95. The van der Waals surface area contributed by atoms with E-state index in [-0.39, 0.29) is 18.4 Å². The highest BCUT2D eigenvalue weighted by atomic mass is 35.5. The molecule has 6 nitrogen and oxygen atoms in total. The molecule has 1 heterocycles. The van der Waals surface area contributed by atoms with Crippen LogP contribution in [0.2, 0.25) is 5.02 Å². The van der Waals surface area contributed by atoms with Gasteiger partial charge in [0.15, 0.2) is 0 Å². The van der Waals surface area contributed by atoms with Crippen molar-refractivity contribution in [3.05, 3.63) is 23.2 Å². The number of carbonyl (C=O) groups is 3. The van der Waals surface area contributed by atoms with E-state index in [0.717, 1.165) is 4.90 Å². The summed E-state index contributed by atoms with van der Waals surface area (Å²) in [5.41, 5.74) is 6.43. The van der Waals surface area contributed by atoms with Gasteiger partial charge in [-0.25, -0.2) is 0 Å². The summed E-state index contributed by atoms with van der Waals surface area (Å²) in [5, 5.41) is 2.98. The molecule has 1 aromatic carbocycles. The van der Waals surface area contributed by atoms with Gasteiger partial charge in [-0.15, -0.1) is 0 Å². The maximum atomic E-state index is 11.9. The van der Waals surface area contributed by atoms with Crippen molar-refractivity contribution in [1.82, 2.24) is 4.90 Å². The van der Waals surface area contributed by atoms with Gasteiger partial charge in [0, 0.05) is 17.9 Å². The fourth-order valence-corrected chi connectivity index (χ4v) is 2.12. The highest BCUT2D eigenvalue weighted by Gasteiger charge is 2.27. The van der Waals surface area contributed by atoms with E-state index in [0.29, 0.717) is 35.7 Å². The van der Waals surface area contributed by atoms with Crippen LogP contribution in [0.25, 0.3) is 0 Å². The third-order valence-electron chi connectivity index (χ3n) is 2.97. The number of nitrogens with two attached hydrogens (primary N) is 1. The van der Waals surface area contributed by atoms with E-state index in [1.54, 1.807) is 12.1 Å². The molecule has 1 fully saturated rings. The minimum absolute atomic E-state index is 0.290. The van der Waals surface area contributed by atoms with Gasteiger partial charge in [0.05, 0.1) is 11.4 Å². The fraction of sp³-hybridized carbons (Fsp3) is 0.308. The van der Waals surface area contributed by atoms with Gasteiger partial charge in [0.2, 0.25) is 17.7 Å². The number of imide groups is 1. The van der Waals surface area contributed by atoms with E-state index >= 15 is 0 Å². The van der Waals surface area contributed by atoms with Crippen LogP contribution in [-0.2, 0) is 14.4 Å². The molecule has 0 saturated carbocycles. The van der Waals surface area contributed by atoms with Crippen LogP contribution in [0.5, 0.6) is 0 Å². The summed E-state index contributed by atoms with van der Waals surface area (Å²) in [6.07, 6.45) is 1.12. The number of rotatable bonds is 3. The summed E-state index contributed by atoms with van der Waals surface area (Å²) in [5.74, 6) is -1.13. The lowest BCUT2D eigenvalue weighted by molar-refractivity contribution is -0.150. The Morgan fingerprint density at radius 1 is 1.30 bits per heavy atom. The first-order chi connectivity index (χ1) is 9.47. The zero-order chi connectivity index (χ0) is 14.7. The number of hydrogen-bond donors (Lipinski definition) is 2. The average molecular weight is 296 g/mol. The Balaban J connectivity index is 2.03. The minimum Gasteiger partial charge on any atom is -0.397 e. The van der Waals surface area contributed by atoms with Gasteiger partial charge in [0.25, 0.3) is 0 Å². The second kappa shape index (κ2) is 5.92. The molecule has 0 spiro atoms. The third kappa shape index (κ3) is 3.27. The molecule has 2 rings (SSSR count). The van der Waals surface area contributed by atoms with Gasteiger partial charge in [-0.05, 0) is 24.6 Å². The number of nitrogens with one attached hydrogen (secondary N) is 1. The molecule has 1 aliphatic rings. The lowest BCUT2D eigenvalue weighted by atomic mass is 10.1. The molecule has 106 valence electrons. The van der Waals surface area contributed by atoms with E-state index in [2.05, 4.69) is 5.32 Å². The number of likely N-dealkylation sites (tertiary alicyclic amines) is 1. The molecular formula is C13H14ClN3O3. The molecule has 1 saturated heterocycles. The largest absolute Gasteiger partial charge is 0.397 e. The Hall–Kier alpha value is -2.08. The number of carbonyl (C=O) groups excluding carboxylic acids is 3. The number of nitrogens with zero attached hydrogens (tertiary/aromatic N) is 1. The smallest absolute Gasteiger partial charge is 0.244 e. The average Bonchev–Trinajstić information content (AvgIpc) is 2.38. The number of anilines is 2. The van der Waals surface area contributed by atoms with Crippen LogP contribution >= 0.6 is 11.6 Å². The van der Waals surface area contributed by atoms with Crippen molar-refractivity contribution >= 4 is 40.7 Å². The Bertz CT molecular complexity index is 558. The van der Waals surface area contributed by atoms with Gasteiger partial charge in [-0.3, -0.25) is 19.3 Å². The van der Waals surface area contributed by atoms with Gasteiger partial charge >= 0.3 is 0 Å². The van der Waals surface area contributed by atoms with Crippen molar-refractivity contribution in [3.63, 3.8) is 0 Å². The topological polar surface area (TPSA) is 92.5 Å². The predicted octanol–water partition coefficient (Wildman–Crippen LogP) is 1.40. The minimum atomic E-state index is -0.484. The van der Waals surface area contributed by atoms with Crippen LogP contribution in [0.1, 0.15) is 19.3 Å². The van der Waals surface area contributed by atoms with E-state index < -0.39 is 5.91 Å². The molecular weight excluding hydrogens is 282 g/mol. The third-order valence-corrected chi connectivity index (χ3v) is 3.21. The monoisotopic (exact) mass is 295 g/mol. The number of hydrogen-bond acceptors (Lipinski definition) is 4. The molecule has 0 aliphatic carbocycles. The first kappa shape index (κ1) is 14.3. The summed E-state index contributed by atoms with van der Waals surface area (Å²) in [7, 11) is 0. The molecule has 20 heavy (non-hydrogen) atoms. The molecule has 1 aromatic rings. The van der Waals surface area contributed by atoms with Crippen LogP contribution in [-0.4, -0.2) is 29.2 Å². The van der Waals surface area contributed by atoms with Crippen LogP contribution in [0.4, 0.5) is 11.4 Å². The molecule has 1 aliphatic heterocycles. The zero-order valence-corrected chi connectivity index (χ0v) is 11.4. The molecule has 0 bridgehead atoms. The van der Waals surface area contributed by atoms with E-state index in [1.165, 1.54) is 6.07 Å². The number of halogens is 1. The Morgan fingerprint density at radius 3 is 2.60 bits per heavy atom. The van der Waals surface area contributed by atoms with Gasteiger partial charge in [-0.2, -0.15) is 0 Å². The van der Waals surface area contributed by atoms with Crippen molar-refractivity contribution in [2.75, 3.05) is 17.6 Å². The molecule has 0 atom stereocenters. The van der Waals surface area contributed by atoms with Crippen LogP contribution in [0, 0.1) is 0 Å². The lowest BCUT2D eigenvalue weighted by Gasteiger charge is -2.24. The second-order valence-corrected chi connectivity index (χ2v) is 4.94. The summed E-state index contributed by atoms with van der Waals surface area (Å²) >= 11 is 5.81. The van der Waals surface area contributed by atoms with E-state index in [9.17, 15) is 14.4 Å². The molecule has 0 radical (unpaired) electrons. The maximum absolute atomic E-state index is 11.9. The number of piperidine rings is 1. The maximum Gasteiger partial charge on any atom is 0.244 e. The van der Waals surface area contributed by atoms with E-state index in [1.807, 2.05) is 0 Å². The molecule has 0 unspecified atom stereocenters. The van der Waals surface area contributed by atoms with Crippen molar-refractivity contribution < 1.29 is 14.4 Å². The quantitative estimate of drug-likeness (QED) is 0.651. The second-order valence-electron chi connectivity index (χ2n) is 4.51. The normalized spacial score (nSPS) is 15.3. The van der Waals surface area contributed by atoms with Gasteiger partial charge in [-0.1, -0.05) is 11.6 Å². The number of benzene rings is 1. The first-order valence-corrected chi connectivity index (χ1v) is 6.53. The molecule has 3 N–H and O–H groups in total. The first-order valence-electron chi connectivity index (χ1n) is 6.15. The summed E-state index contributed by atoms with van der Waals surface area (Å²) < 4.78 is 0. The molecule has 7 heteroatoms. The Morgan fingerprint density at radius 2 is 1.95 bits per heavy atom. The van der Waals surface area contributed by atoms with Crippen LogP contribution in [0.3, 0.4) is 0 Å². The highest BCUT2D eigenvalue weighted by Crippen LogP contribution is 2.23. The molecule has 0 aromatic heterocycles. The summed E-state index contributed by atoms with van der Waals surface area (Å²) in [6, 6.07) is 4.67. The zero-order valence-electron chi connectivity index (χ0n) is 10.7. The summed E-state index contributed by atoms with van der Waals surface area (Å²) in [6.45, 7) is -0.302. The Labute approximate surface area is 120 Å². The Kier molecular flexibility index (Phi) is 4.24. The van der Waals surface area contributed by atoms with Crippen molar-refractivity contribution in [2.45, 2.75) is 19.3 Å². The van der Waals surface area contributed by atoms with Crippen molar-refractivity contribution in [1.29, 1.82) is 0 Å². The number of nitrogen functional groups attached to an aromatic ring is 1. The van der Waals surface area contributed by atoms with Crippen molar-refractivity contribution in [2.24, 2.45) is 0 Å². The summed E-state index contributed by atoms with van der Waals surface area (Å²) in [4.78, 5) is 36.0. The van der Waals surface area contributed by atoms with Crippen molar-refractivity contribution in [3.8, 4) is 0 Å². The SMILES string of the molecule is Nc1ccc(Cl)cc1NC(=O)CN1C(=O)CCCC1=O. The van der Waals surface area contributed by atoms with Gasteiger partial charge < -0.3 is 11.1 Å². The highest BCUT2D eigenvalue weighted by molar-refractivity contribution is 6.31.